The van der Waals surface area contributed by atoms with E-state index in [1.54, 1.807) is 0 Å². The summed E-state index contributed by atoms with van der Waals surface area (Å²) < 4.78 is 0. The third-order valence-corrected chi connectivity index (χ3v) is 6.22. The van der Waals surface area contributed by atoms with Gasteiger partial charge in [-0.2, -0.15) is 11.8 Å². The predicted molar refractivity (Wildman–Crippen MR) is 92.9 cm³/mol. The molecule has 1 N–H and O–H groups in total. The molecule has 116 valence electrons. The van der Waals surface area contributed by atoms with Crippen LogP contribution in [0.4, 0.5) is 0 Å². The maximum Gasteiger partial charge on any atom is 0.0476 e. The van der Waals surface area contributed by atoms with Gasteiger partial charge in [0.15, 0.2) is 0 Å². The lowest BCUT2D eigenvalue weighted by atomic mass is 9.90. The van der Waals surface area contributed by atoms with E-state index >= 15 is 0 Å². The van der Waals surface area contributed by atoms with Gasteiger partial charge < -0.3 is 5.32 Å². The quantitative estimate of drug-likeness (QED) is 0.917. The summed E-state index contributed by atoms with van der Waals surface area (Å²) in [5.41, 5.74) is 1.48. The number of thioether (sulfide) groups is 1. The first-order chi connectivity index (χ1) is 10.3. The van der Waals surface area contributed by atoms with Crippen LogP contribution in [-0.4, -0.2) is 41.6 Å². The number of nitrogens with zero attached hydrogens (tertiary/aromatic N) is 1. The van der Waals surface area contributed by atoms with E-state index in [-0.39, 0.29) is 0 Å². The molecular formula is C18H28N2S. The van der Waals surface area contributed by atoms with Crippen LogP contribution in [0.15, 0.2) is 30.3 Å². The topological polar surface area (TPSA) is 15.3 Å². The van der Waals surface area contributed by atoms with Crippen LogP contribution < -0.4 is 5.32 Å². The monoisotopic (exact) mass is 304 g/mol. The molecule has 4 atom stereocenters. The van der Waals surface area contributed by atoms with Gasteiger partial charge in [0.05, 0.1) is 0 Å². The lowest BCUT2D eigenvalue weighted by molar-refractivity contribution is 0.0659. The molecule has 1 aromatic rings. The molecule has 3 rings (SSSR count). The van der Waals surface area contributed by atoms with Gasteiger partial charge >= 0.3 is 0 Å². The highest BCUT2D eigenvalue weighted by molar-refractivity contribution is 7.99. The zero-order chi connectivity index (χ0) is 14.7. The third kappa shape index (κ3) is 3.64. The van der Waals surface area contributed by atoms with Crippen molar-refractivity contribution in [3.8, 4) is 0 Å². The largest absolute Gasteiger partial charge is 0.311 e. The molecule has 1 aromatic carbocycles. The van der Waals surface area contributed by atoms with E-state index in [0.29, 0.717) is 12.1 Å². The van der Waals surface area contributed by atoms with E-state index in [2.05, 4.69) is 65.5 Å². The molecule has 0 bridgehead atoms. The minimum atomic E-state index is 0.549. The highest BCUT2D eigenvalue weighted by atomic mass is 32.2. The first-order valence-electron chi connectivity index (χ1n) is 8.35. The first kappa shape index (κ1) is 15.4. The lowest BCUT2D eigenvalue weighted by Gasteiger charge is -2.46. The average molecular weight is 305 g/mol. The molecule has 21 heavy (non-hydrogen) atoms. The summed E-state index contributed by atoms with van der Waals surface area (Å²) in [5.74, 6) is 0. The summed E-state index contributed by atoms with van der Waals surface area (Å²) >= 11 is 2.07. The van der Waals surface area contributed by atoms with Crippen molar-refractivity contribution in [2.24, 2.45) is 0 Å². The molecule has 2 nitrogen and oxygen atoms in total. The zero-order valence-corrected chi connectivity index (χ0v) is 14.1. The molecule has 1 saturated carbocycles. The summed E-state index contributed by atoms with van der Waals surface area (Å²) in [6.45, 7) is 4.60. The van der Waals surface area contributed by atoms with Gasteiger partial charge in [0, 0.05) is 36.5 Å². The fourth-order valence-electron chi connectivity index (χ4n) is 3.96. The predicted octanol–water partition coefficient (Wildman–Crippen LogP) is 3.70. The van der Waals surface area contributed by atoms with Gasteiger partial charge in [-0.15, -0.1) is 0 Å². The number of rotatable bonds is 3. The Morgan fingerprint density at radius 3 is 2.76 bits per heavy atom. The highest BCUT2D eigenvalue weighted by Crippen LogP contribution is 2.35. The molecule has 1 heterocycles. The van der Waals surface area contributed by atoms with Crippen molar-refractivity contribution in [2.45, 2.75) is 56.0 Å². The van der Waals surface area contributed by atoms with Crippen LogP contribution in [0, 0.1) is 0 Å². The standard InChI is InChI=1S/C18H28N2S/c1-14-13-20(16-9-6-10-17(11-16)21-2)18(12-19-14)15-7-4-3-5-8-15/h3-5,7-8,14,16-19H,6,9-13H2,1-2H3. The second-order valence-corrected chi connectivity index (χ2v) is 7.75. The molecule has 0 amide bonds. The number of piperazine rings is 1. The van der Waals surface area contributed by atoms with Crippen LogP contribution in [0.3, 0.4) is 0 Å². The van der Waals surface area contributed by atoms with Crippen LogP contribution in [0.25, 0.3) is 0 Å². The van der Waals surface area contributed by atoms with E-state index in [0.717, 1.165) is 17.8 Å². The van der Waals surface area contributed by atoms with Crippen LogP contribution in [0.2, 0.25) is 0 Å². The second kappa shape index (κ2) is 7.17. The Hall–Kier alpha value is -0.510. The normalized spacial score (nSPS) is 34.8. The molecule has 0 spiro atoms. The molecular weight excluding hydrogens is 276 g/mol. The maximum absolute atomic E-state index is 3.68. The fourth-order valence-corrected chi connectivity index (χ4v) is 4.78. The smallest absolute Gasteiger partial charge is 0.0476 e. The number of hydrogen-bond acceptors (Lipinski definition) is 3. The van der Waals surface area contributed by atoms with Crippen molar-refractivity contribution in [1.82, 2.24) is 10.2 Å². The maximum atomic E-state index is 3.68. The van der Waals surface area contributed by atoms with Gasteiger partial charge in [-0.05, 0) is 38.0 Å². The van der Waals surface area contributed by atoms with Crippen molar-refractivity contribution in [3.63, 3.8) is 0 Å². The van der Waals surface area contributed by atoms with Gasteiger partial charge in [0.2, 0.25) is 0 Å². The third-order valence-electron chi connectivity index (χ3n) is 5.13. The summed E-state index contributed by atoms with van der Waals surface area (Å²) in [6, 6.07) is 13.0. The highest BCUT2D eigenvalue weighted by Gasteiger charge is 2.34. The molecule has 3 heteroatoms. The Morgan fingerprint density at radius 1 is 1.19 bits per heavy atom. The molecule has 0 aromatic heterocycles. The van der Waals surface area contributed by atoms with Crippen molar-refractivity contribution in [1.29, 1.82) is 0 Å². The summed E-state index contributed by atoms with van der Waals surface area (Å²) in [4.78, 5) is 2.80. The Labute approximate surface area is 133 Å². The van der Waals surface area contributed by atoms with E-state index < -0.39 is 0 Å². The Bertz CT molecular complexity index is 436. The Morgan fingerprint density at radius 2 is 2.00 bits per heavy atom. The van der Waals surface area contributed by atoms with Crippen LogP contribution in [0.1, 0.15) is 44.2 Å². The lowest BCUT2D eigenvalue weighted by Crippen LogP contribution is -2.55. The van der Waals surface area contributed by atoms with E-state index in [4.69, 9.17) is 0 Å². The Kier molecular flexibility index (Phi) is 5.25. The van der Waals surface area contributed by atoms with Crippen molar-refractivity contribution in [3.05, 3.63) is 35.9 Å². The van der Waals surface area contributed by atoms with Gasteiger partial charge in [-0.1, -0.05) is 36.8 Å². The molecule has 1 aliphatic heterocycles. The molecule has 4 unspecified atom stereocenters. The minimum absolute atomic E-state index is 0.549. The van der Waals surface area contributed by atoms with Gasteiger partial charge in [0.1, 0.15) is 0 Å². The van der Waals surface area contributed by atoms with Crippen molar-refractivity contribution in [2.75, 3.05) is 19.3 Å². The molecule has 0 radical (unpaired) electrons. The second-order valence-electron chi connectivity index (χ2n) is 6.61. The molecule has 1 saturated heterocycles. The first-order valence-corrected chi connectivity index (χ1v) is 9.63. The number of nitrogens with one attached hydrogen (secondary N) is 1. The SMILES string of the molecule is CSC1CCCC(N2CC(C)NCC2c2ccccc2)C1. The summed E-state index contributed by atoms with van der Waals surface area (Å²) in [6.07, 6.45) is 7.84. The van der Waals surface area contributed by atoms with E-state index in [9.17, 15) is 0 Å². The van der Waals surface area contributed by atoms with E-state index in [1.165, 1.54) is 37.8 Å². The summed E-state index contributed by atoms with van der Waals surface area (Å²) in [7, 11) is 0. The fraction of sp³-hybridized carbons (Fsp3) is 0.667. The average Bonchev–Trinajstić information content (AvgIpc) is 2.55. The number of hydrogen-bond donors (Lipinski definition) is 1. The molecule has 2 fully saturated rings. The van der Waals surface area contributed by atoms with Crippen LogP contribution in [0.5, 0.6) is 0 Å². The van der Waals surface area contributed by atoms with Crippen LogP contribution in [-0.2, 0) is 0 Å². The number of benzene rings is 1. The Balaban J connectivity index is 1.78. The van der Waals surface area contributed by atoms with Crippen LogP contribution >= 0.6 is 11.8 Å². The van der Waals surface area contributed by atoms with E-state index in [1.807, 2.05) is 0 Å². The van der Waals surface area contributed by atoms with Crippen molar-refractivity contribution < 1.29 is 0 Å². The van der Waals surface area contributed by atoms with Gasteiger partial charge in [0.25, 0.3) is 0 Å². The molecule has 1 aliphatic carbocycles. The summed E-state index contributed by atoms with van der Waals surface area (Å²) in [5, 5.41) is 4.54. The van der Waals surface area contributed by atoms with Gasteiger partial charge in [-0.25, -0.2) is 0 Å². The van der Waals surface area contributed by atoms with Gasteiger partial charge in [-0.3, -0.25) is 4.90 Å². The zero-order valence-electron chi connectivity index (χ0n) is 13.3. The minimum Gasteiger partial charge on any atom is -0.311 e. The van der Waals surface area contributed by atoms with Crippen molar-refractivity contribution >= 4 is 11.8 Å². The molecule has 2 aliphatic rings.